The Morgan fingerprint density at radius 2 is 2.00 bits per heavy atom. The zero-order valence-corrected chi connectivity index (χ0v) is 12.6. The summed E-state index contributed by atoms with van der Waals surface area (Å²) in [6.07, 6.45) is 5.99. The first-order valence-electron chi connectivity index (χ1n) is 7.20. The van der Waals surface area contributed by atoms with Crippen molar-refractivity contribution in [1.29, 1.82) is 0 Å². The molecule has 0 heterocycles. The summed E-state index contributed by atoms with van der Waals surface area (Å²) >= 11 is 6.34. The molecule has 0 radical (unpaired) electrons. The number of carbonyl (C=O) groups excluding carboxylic acids is 1. The third-order valence-electron chi connectivity index (χ3n) is 3.99. The highest BCUT2D eigenvalue weighted by molar-refractivity contribution is 6.34. The van der Waals surface area contributed by atoms with E-state index in [2.05, 4.69) is 11.8 Å². The SMILES string of the molecule is CCN(c1c(Cl)cc(N)cc1C(N)=O)C1CCCCC1. The molecule has 1 aromatic carbocycles. The maximum absolute atomic E-state index is 11.7. The molecule has 4 nitrogen and oxygen atoms in total. The topological polar surface area (TPSA) is 72.3 Å². The van der Waals surface area contributed by atoms with Crippen molar-refractivity contribution in [2.75, 3.05) is 17.2 Å². The van der Waals surface area contributed by atoms with Crippen LogP contribution in [0, 0.1) is 0 Å². The molecule has 2 rings (SSSR count). The predicted molar refractivity (Wildman–Crippen MR) is 84.3 cm³/mol. The number of benzene rings is 1. The van der Waals surface area contributed by atoms with E-state index in [1.54, 1.807) is 12.1 Å². The number of hydrogen-bond acceptors (Lipinski definition) is 3. The number of hydrogen-bond donors (Lipinski definition) is 2. The van der Waals surface area contributed by atoms with Crippen LogP contribution in [0.15, 0.2) is 12.1 Å². The van der Waals surface area contributed by atoms with E-state index in [0.29, 0.717) is 22.3 Å². The smallest absolute Gasteiger partial charge is 0.250 e. The molecule has 1 saturated carbocycles. The number of anilines is 2. The second-order valence-electron chi connectivity index (χ2n) is 5.34. The number of primary amides is 1. The number of amides is 1. The molecule has 0 aromatic heterocycles. The van der Waals surface area contributed by atoms with Crippen molar-refractivity contribution < 1.29 is 4.79 Å². The largest absolute Gasteiger partial charge is 0.399 e. The third kappa shape index (κ3) is 3.01. The quantitative estimate of drug-likeness (QED) is 0.838. The molecule has 0 spiro atoms. The Balaban J connectivity index is 2.44. The minimum Gasteiger partial charge on any atom is -0.399 e. The summed E-state index contributed by atoms with van der Waals surface area (Å²) in [5, 5.41) is 0.506. The minimum absolute atomic E-state index is 0.419. The van der Waals surface area contributed by atoms with E-state index in [1.807, 2.05) is 0 Å². The van der Waals surface area contributed by atoms with Gasteiger partial charge in [-0.2, -0.15) is 0 Å². The van der Waals surface area contributed by atoms with Crippen LogP contribution >= 0.6 is 11.6 Å². The van der Waals surface area contributed by atoms with E-state index < -0.39 is 5.91 Å². The van der Waals surface area contributed by atoms with Gasteiger partial charge in [0.15, 0.2) is 0 Å². The molecule has 5 heteroatoms. The Labute approximate surface area is 125 Å². The van der Waals surface area contributed by atoms with Crippen LogP contribution in [0.25, 0.3) is 0 Å². The first-order valence-corrected chi connectivity index (χ1v) is 7.57. The Morgan fingerprint density at radius 3 is 2.55 bits per heavy atom. The summed E-state index contributed by atoms with van der Waals surface area (Å²) < 4.78 is 0. The van der Waals surface area contributed by atoms with Crippen molar-refractivity contribution in [3.63, 3.8) is 0 Å². The van der Waals surface area contributed by atoms with Gasteiger partial charge in [0.1, 0.15) is 0 Å². The first-order chi connectivity index (χ1) is 9.54. The van der Waals surface area contributed by atoms with Gasteiger partial charge in [0, 0.05) is 18.3 Å². The van der Waals surface area contributed by atoms with Crippen LogP contribution in [0.5, 0.6) is 0 Å². The van der Waals surface area contributed by atoms with Gasteiger partial charge in [-0.15, -0.1) is 0 Å². The van der Waals surface area contributed by atoms with Crippen LogP contribution in [-0.2, 0) is 0 Å². The van der Waals surface area contributed by atoms with Gasteiger partial charge in [0.05, 0.1) is 16.3 Å². The van der Waals surface area contributed by atoms with Gasteiger partial charge in [-0.25, -0.2) is 0 Å². The van der Waals surface area contributed by atoms with Gasteiger partial charge in [-0.05, 0) is 31.9 Å². The average molecular weight is 296 g/mol. The molecule has 0 aliphatic heterocycles. The molecule has 1 amide bonds. The van der Waals surface area contributed by atoms with E-state index in [9.17, 15) is 4.79 Å². The molecule has 1 fully saturated rings. The van der Waals surface area contributed by atoms with E-state index in [0.717, 1.165) is 25.1 Å². The number of nitrogen functional groups attached to an aromatic ring is 1. The lowest BCUT2D eigenvalue weighted by molar-refractivity contribution is 0.100. The van der Waals surface area contributed by atoms with Crippen LogP contribution in [-0.4, -0.2) is 18.5 Å². The average Bonchev–Trinajstić information content (AvgIpc) is 2.42. The maximum atomic E-state index is 11.7. The standard InChI is InChI=1S/C15H22ClN3O/c1-2-19(11-6-4-3-5-7-11)14-12(15(18)20)8-10(17)9-13(14)16/h8-9,11H,2-7,17H2,1H3,(H2,18,20). The van der Waals surface area contributed by atoms with Crippen molar-refractivity contribution in [3.05, 3.63) is 22.7 Å². The summed E-state index contributed by atoms with van der Waals surface area (Å²) in [6.45, 7) is 2.88. The lowest BCUT2D eigenvalue weighted by Crippen LogP contribution is -2.38. The fraction of sp³-hybridized carbons (Fsp3) is 0.533. The van der Waals surface area contributed by atoms with Gasteiger partial charge in [0.2, 0.25) is 0 Å². The third-order valence-corrected chi connectivity index (χ3v) is 4.28. The summed E-state index contributed by atoms with van der Waals surface area (Å²) in [6, 6.07) is 3.73. The zero-order chi connectivity index (χ0) is 14.7. The van der Waals surface area contributed by atoms with Crippen molar-refractivity contribution in [2.24, 2.45) is 5.73 Å². The summed E-state index contributed by atoms with van der Waals surface area (Å²) in [4.78, 5) is 13.9. The van der Waals surface area contributed by atoms with Crippen LogP contribution in [0.1, 0.15) is 49.4 Å². The molecule has 0 atom stereocenters. The molecule has 110 valence electrons. The lowest BCUT2D eigenvalue weighted by Gasteiger charge is -2.36. The minimum atomic E-state index is -0.483. The number of carbonyl (C=O) groups is 1. The molecule has 1 aromatic rings. The fourth-order valence-corrected chi connectivity index (χ4v) is 3.43. The predicted octanol–water partition coefficient (Wildman–Crippen LogP) is 3.18. The highest BCUT2D eigenvalue weighted by Crippen LogP contribution is 2.36. The highest BCUT2D eigenvalue weighted by Gasteiger charge is 2.25. The highest BCUT2D eigenvalue weighted by atomic mass is 35.5. The van der Waals surface area contributed by atoms with Crippen molar-refractivity contribution in [2.45, 2.75) is 45.1 Å². The van der Waals surface area contributed by atoms with E-state index in [-0.39, 0.29) is 0 Å². The number of nitrogens with two attached hydrogens (primary N) is 2. The Bertz CT molecular complexity index is 498. The maximum Gasteiger partial charge on any atom is 0.250 e. The molecule has 1 aliphatic rings. The van der Waals surface area contributed by atoms with Crippen LogP contribution in [0.3, 0.4) is 0 Å². The monoisotopic (exact) mass is 295 g/mol. The van der Waals surface area contributed by atoms with E-state index >= 15 is 0 Å². The van der Waals surface area contributed by atoms with Crippen LogP contribution < -0.4 is 16.4 Å². The van der Waals surface area contributed by atoms with Gasteiger partial charge in [-0.3, -0.25) is 4.79 Å². The molecule has 20 heavy (non-hydrogen) atoms. The molecule has 0 unspecified atom stereocenters. The van der Waals surface area contributed by atoms with E-state index in [4.69, 9.17) is 23.1 Å². The Hall–Kier alpha value is -1.42. The Morgan fingerprint density at radius 1 is 1.35 bits per heavy atom. The molecule has 0 saturated heterocycles. The summed E-state index contributed by atoms with van der Waals surface area (Å²) in [7, 11) is 0. The van der Waals surface area contributed by atoms with Crippen LogP contribution in [0.2, 0.25) is 5.02 Å². The first kappa shape index (κ1) is 15.0. The van der Waals surface area contributed by atoms with Crippen LogP contribution in [0.4, 0.5) is 11.4 Å². The molecule has 1 aliphatic carbocycles. The van der Waals surface area contributed by atoms with Crippen molar-refractivity contribution >= 4 is 28.9 Å². The normalized spacial score (nSPS) is 16.1. The Kier molecular flexibility index (Phi) is 4.76. The number of rotatable bonds is 4. The van der Waals surface area contributed by atoms with Crippen molar-refractivity contribution in [1.82, 2.24) is 0 Å². The van der Waals surface area contributed by atoms with E-state index in [1.165, 1.54) is 19.3 Å². The zero-order valence-electron chi connectivity index (χ0n) is 11.9. The van der Waals surface area contributed by atoms with Gasteiger partial charge in [-0.1, -0.05) is 30.9 Å². The number of nitrogens with zero attached hydrogens (tertiary/aromatic N) is 1. The molecule has 4 N–H and O–H groups in total. The van der Waals surface area contributed by atoms with Gasteiger partial charge in [0.25, 0.3) is 5.91 Å². The summed E-state index contributed by atoms with van der Waals surface area (Å²) in [5.41, 5.74) is 12.9. The lowest BCUT2D eigenvalue weighted by atomic mass is 9.93. The molecule has 0 bridgehead atoms. The second kappa shape index (κ2) is 6.35. The van der Waals surface area contributed by atoms with Gasteiger partial charge < -0.3 is 16.4 Å². The number of halogens is 1. The summed E-state index contributed by atoms with van der Waals surface area (Å²) in [5.74, 6) is -0.483. The molecular formula is C15H22ClN3O. The van der Waals surface area contributed by atoms with Gasteiger partial charge >= 0.3 is 0 Å². The second-order valence-corrected chi connectivity index (χ2v) is 5.75. The fourth-order valence-electron chi connectivity index (χ4n) is 3.09. The van der Waals surface area contributed by atoms with Crippen molar-refractivity contribution in [3.8, 4) is 0 Å². The molecular weight excluding hydrogens is 274 g/mol.